The molecule has 76 valence electrons. The fourth-order valence-corrected chi connectivity index (χ4v) is 1.94. The summed E-state index contributed by atoms with van der Waals surface area (Å²) in [4.78, 5) is 1.29. The molecular formula is C12H15ClS. The van der Waals surface area contributed by atoms with Gasteiger partial charge in [0.05, 0.1) is 0 Å². The van der Waals surface area contributed by atoms with Crippen LogP contribution in [0.15, 0.2) is 46.7 Å². The third kappa shape index (κ3) is 5.36. The molecule has 0 aliphatic rings. The Morgan fingerprint density at radius 1 is 1.14 bits per heavy atom. The van der Waals surface area contributed by atoms with E-state index in [1.54, 1.807) is 11.8 Å². The van der Waals surface area contributed by atoms with Crippen molar-refractivity contribution in [1.82, 2.24) is 0 Å². The Hall–Kier alpha value is -0.400. The van der Waals surface area contributed by atoms with Gasteiger partial charge in [0.1, 0.15) is 0 Å². The molecule has 0 aliphatic heterocycles. The molecule has 1 rings (SSSR count). The van der Waals surface area contributed by atoms with Crippen LogP contribution in [0.2, 0.25) is 0 Å². The maximum Gasteiger partial charge on any atom is 0.0223 e. The number of unbranched alkanes of at least 4 members (excludes halogenated alkanes) is 2. The molecule has 0 unspecified atom stereocenters. The van der Waals surface area contributed by atoms with Crippen molar-refractivity contribution in [2.45, 2.75) is 24.2 Å². The third-order valence-corrected chi connectivity index (χ3v) is 2.94. The van der Waals surface area contributed by atoms with Gasteiger partial charge in [0.25, 0.3) is 0 Å². The van der Waals surface area contributed by atoms with Crippen molar-refractivity contribution in [2.75, 3.05) is 5.88 Å². The second-order valence-corrected chi connectivity index (χ2v) is 4.34. The van der Waals surface area contributed by atoms with Crippen molar-refractivity contribution >= 4 is 23.4 Å². The van der Waals surface area contributed by atoms with E-state index in [-0.39, 0.29) is 0 Å². The molecule has 14 heavy (non-hydrogen) atoms. The third-order valence-electron chi connectivity index (χ3n) is 1.80. The lowest BCUT2D eigenvalue weighted by Crippen LogP contribution is -1.73. The van der Waals surface area contributed by atoms with Crippen LogP contribution >= 0.6 is 23.4 Å². The zero-order chi connectivity index (χ0) is 10.1. The Bertz CT molecular complexity index is 256. The average Bonchev–Trinajstić information content (AvgIpc) is 2.25. The largest absolute Gasteiger partial charge is 0.127 e. The molecule has 0 nitrogen and oxygen atoms in total. The molecule has 0 atom stereocenters. The number of benzene rings is 1. The van der Waals surface area contributed by atoms with E-state index in [0.29, 0.717) is 0 Å². The zero-order valence-electron chi connectivity index (χ0n) is 8.16. The highest BCUT2D eigenvalue weighted by molar-refractivity contribution is 8.02. The normalized spacial score (nSPS) is 10.9. The number of allylic oxidation sites excluding steroid dienone is 1. The van der Waals surface area contributed by atoms with Crippen LogP contribution in [0.4, 0.5) is 0 Å². The molecule has 0 saturated heterocycles. The van der Waals surface area contributed by atoms with E-state index in [2.05, 4.69) is 35.7 Å². The minimum atomic E-state index is 0.777. The van der Waals surface area contributed by atoms with Crippen LogP contribution in [0, 0.1) is 0 Å². The predicted molar refractivity (Wildman–Crippen MR) is 66.0 cm³/mol. The van der Waals surface area contributed by atoms with Gasteiger partial charge in [-0.1, -0.05) is 36.0 Å². The molecule has 1 aromatic carbocycles. The number of halogens is 1. The van der Waals surface area contributed by atoms with Crippen molar-refractivity contribution in [3.8, 4) is 0 Å². The summed E-state index contributed by atoms with van der Waals surface area (Å²) in [6.07, 6.45) is 5.65. The van der Waals surface area contributed by atoms with Crippen LogP contribution in [0.1, 0.15) is 19.3 Å². The van der Waals surface area contributed by atoms with E-state index in [4.69, 9.17) is 11.6 Å². The standard InChI is InChI=1S/C12H15ClS/c13-10-6-1-2-7-11-14-12-8-4-3-5-9-12/h3-5,7-9,11H,1-2,6,10H2/b11-7+. The van der Waals surface area contributed by atoms with Gasteiger partial charge in [-0.3, -0.25) is 0 Å². The molecule has 0 fully saturated rings. The summed E-state index contributed by atoms with van der Waals surface area (Å²) in [6, 6.07) is 10.4. The summed E-state index contributed by atoms with van der Waals surface area (Å²) in [5.41, 5.74) is 0. The Balaban J connectivity index is 2.14. The summed E-state index contributed by atoms with van der Waals surface area (Å²) >= 11 is 7.35. The maximum absolute atomic E-state index is 5.58. The fraction of sp³-hybridized carbons (Fsp3) is 0.333. The fourth-order valence-electron chi connectivity index (χ4n) is 1.05. The molecule has 0 spiro atoms. The Morgan fingerprint density at radius 2 is 1.93 bits per heavy atom. The first kappa shape index (κ1) is 11.7. The molecular weight excluding hydrogens is 212 g/mol. The topological polar surface area (TPSA) is 0 Å². The lowest BCUT2D eigenvalue weighted by Gasteiger charge is -1.94. The minimum Gasteiger partial charge on any atom is -0.127 e. The Labute approximate surface area is 95.4 Å². The van der Waals surface area contributed by atoms with Gasteiger partial charge in [-0.15, -0.1) is 11.6 Å². The van der Waals surface area contributed by atoms with Gasteiger partial charge < -0.3 is 0 Å². The Morgan fingerprint density at radius 3 is 2.64 bits per heavy atom. The van der Waals surface area contributed by atoms with Crippen molar-refractivity contribution in [3.63, 3.8) is 0 Å². The van der Waals surface area contributed by atoms with Gasteiger partial charge in [-0.2, -0.15) is 0 Å². The lowest BCUT2D eigenvalue weighted by molar-refractivity contribution is 0.821. The van der Waals surface area contributed by atoms with Crippen molar-refractivity contribution < 1.29 is 0 Å². The van der Waals surface area contributed by atoms with Gasteiger partial charge in [0.15, 0.2) is 0 Å². The summed E-state index contributed by atoms with van der Waals surface area (Å²) < 4.78 is 0. The van der Waals surface area contributed by atoms with Gasteiger partial charge in [0, 0.05) is 10.8 Å². The zero-order valence-corrected chi connectivity index (χ0v) is 9.73. The first-order valence-electron chi connectivity index (χ1n) is 4.86. The molecule has 0 heterocycles. The summed E-state index contributed by atoms with van der Waals surface area (Å²) in [6.45, 7) is 0. The second-order valence-electron chi connectivity index (χ2n) is 2.99. The summed E-state index contributed by atoms with van der Waals surface area (Å²) in [5, 5.41) is 2.16. The number of thioether (sulfide) groups is 1. The van der Waals surface area contributed by atoms with Gasteiger partial charge in [-0.05, 0) is 36.8 Å². The molecule has 0 bridgehead atoms. The van der Waals surface area contributed by atoms with Crippen LogP contribution in [0.3, 0.4) is 0 Å². The average molecular weight is 227 g/mol. The first-order chi connectivity index (χ1) is 6.93. The number of hydrogen-bond acceptors (Lipinski definition) is 1. The van der Waals surface area contributed by atoms with Crippen LogP contribution in [-0.4, -0.2) is 5.88 Å². The smallest absolute Gasteiger partial charge is 0.0223 e. The van der Waals surface area contributed by atoms with E-state index in [1.807, 2.05) is 6.07 Å². The highest BCUT2D eigenvalue weighted by Crippen LogP contribution is 2.18. The molecule has 0 aliphatic carbocycles. The van der Waals surface area contributed by atoms with Crippen molar-refractivity contribution in [2.24, 2.45) is 0 Å². The molecule has 0 N–H and O–H groups in total. The van der Waals surface area contributed by atoms with E-state index in [1.165, 1.54) is 11.3 Å². The highest BCUT2D eigenvalue weighted by atomic mass is 35.5. The van der Waals surface area contributed by atoms with E-state index < -0.39 is 0 Å². The maximum atomic E-state index is 5.58. The number of hydrogen-bond donors (Lipinski definition) is 0. The first-order valence-corrected chi connectivity index (χ1v) is 6.27. The quantitative estimate of drug-likeness (QED) is 0.385. The summed E-state index contributed by atoms with van der Waals surface area (Å²) in [7, 11) is 0. The predicted octanol–water partition coefficient (Wildman–Crippen LogP) is 4.70. The second kappa shape index (κ2) is 7.95. The monoisotopic (exact) mass is 226 g/mol. The molecule has 2 heteroatoms. The Kier molecular flexibility index (Phi) is 6.63. The van der Waals surface area contributed by atoms with Gasteiger partial charge >= 0.3 is 0 Å². The van der Waals surface area contributed by atoms with Crippen LogP contribution in [-0.2, 0) is 0 Å². The van der Waals surface area contributed by atoms with E-state index in [0.717, 1.165) is 18.7 Å². The molecule has 1 aromatic rings. The van der Waals surface area contributed by atoms with Crippen LogP contribution in [0.5, 0.6) is 0 Å². The highest BCUT2D eigenvalue weighted by Gasteiger charge is 1.86. The van der Waals surface area contributed by atoms with Crippen LogP contribution < -0.4 is 0 Å². The number of alkyl halides is 1. The molecule has 0 saturated carbocycles. The van der Waals surface area contributed by atoms with Crippen LogP contribution in [0.25, 0.3) is 0 Å². The number of rotatable bonds is 6. The van der Waals surface area contributed by atoms with Gasteiger partial charge in [-0.25, -0.2) is 0 Å². The molecule has 0 aromatic heterocycles. The van der Waals surface area contributed by atoms with Gasteiger partial charge in [0.2, 0.25) is 0 Å². The van der Waals surface area contributed by atoms with Crippen molar-refractivity contribution in [3.05, 3.63) is 41.8 Å². The lowest BCUT2D eigenvalue weighted by atomic mass is 10.2. The minimum absolute atomic E-state index is 0.777. The van der Waals surface area contributed by atoms with E-state index in [9.17, 15) is 0 Å². The SMILES string of the molecule is ClCCCC/C=C/Sc1ccccc1. The van der Waals surface area contributed by atoms with Crippen molar-refractivity contribution in [1.29, 1.82) is 0 Å². The summed E-state index contributed by atoms with van der Waals surface area (Å²) in [5.74, 6) is 0.777. The molecule has 0 radical (unpaired) electrons. The molecule has 0 amide bonds. The van der Waals surface area contributed by atoms with E-state index >= 15 is 0 Å².